The second-order valence-corrected chi connectivity index (χ2v) is 10.5. The van der Waals surface area contributed by atoms with Gasteiger partial charge in [0.15, 0.2) is 0 Å². The third-order valence-corrected chi connectivity index (χ3v) is 8.77. The Hall–Kier alpha value is -1.77. The Bertz CT molecular complexity index is 867. The summed E-state index contributed by atoms with van der Waals surface area (Å²) in [6, 6.07) is 6.18. The molecule has 1 aromatic rings. The molecular formula is C22H28ClN3O4S. The highest BCUT2D eigenvalue weighted by molar-refractivity contribution is 8.02. The van der Waals surface area contributed by atoms with Crippen LogP contribution in [-0.4, -0.2) is 63.5 Å². The second kappa shape index (κ2) is 9.00. The van der Waals surface area contributed by atoms with E-state index in [9.17, 15) is 19.5 Å². The number of thioether (sulfide) groups is 1. The Kier molecular flexibility index (Phi) is 6.51. The van der Waals surface area contributed by atoms with Crippen molar-refractivity contribution in [2.24, 2.45) is 11.8 Å². The van der Waals surface area contributed by atoms with Crippen LogP contribution in [0.5, 0.6) is 0 Å². The van der Waals surface area contributed by atoms with Gasteiger partial charge in [-0.1, -0.05) is 18.5 Å². The normalized spacial score (nSPS) is 31.1. The summed E-state index contributed by atoms with van der Waals surface area (Å²) in [6.45, 7) is 2.80. The zero-order valence-corrected chi connectivity index (χ0v) is 19.0. The SMILES string of the molecule is CCCNC(=O)[C@@H]1[C@H]2C(=O)N(CCCO)C(C(=O)Nc3ccc(Cl)cc3)C23CC[C@H]1S3. The van der Waals surface area contributed by atoms with Gasteiger partial charge in [-0.2, -0.15) is 0 Å². The van der Waals surface area contributed by atoms with Gasteiger partial charge in [-0.05, 0) is 49.9 Å². The van der Waals surface area contributed by atoms with E-state index in [2.05, 4.69) is 10.6 Å². The number of carbonyl (C=O) groups is 3. The molecule has 168 valence electrons. The molecule has 0 aliphatic carbocycles. The molecular weight excluding hydrogens is 438 g/mol. The van der Waals surface area contributed by atoms with Gasteiger partial charge in [-0.15, -0.1) is 11.8 Å². The molecule has 0 aromatic heterocycles. The molecule has 0 saturated carbocycles. The molecule has 2 unspecified atom stereocenters. The number of fused-ring (bicyclic) bond motifs is 1. The van der Waals surface area contributed by atoms with E-state index in [4.69, 9.17) is 11.6 Å². The van der Waals surface area contributed by atoms with Crippen LogP contribution in [0.25, 0.3) is 0 Å². The zero-order valence-electron chi connectivity index (χ0n) is 17.5. The molecule has 31 heavy (non-hydrogen) atoms. The van der Waals surface area contributed by atoms with Gasteiger partial charge in [0, 0.05) is 35.7 Å². The van der Waals surface area contributed by atoms with Crippen molar-refractivity contribution < 1.29 is 19.5 Å². The topological polar surface area (TPSA) is 98.7 Å². The van der Waals surface area contributed by atoms with Crippen LogP contribution >= 0.6 is 23.4 Å². The van der Waals surface area contributed by atoms with Crippen LogP contribution in [-0.2, 0) is 14.4 Å². The molecule has 7 nitrogen and oxygen atoms in total. The van der Waals surface area contributed by atoms with Gasteiger partial charge in [-0.3, -0.25) is 14.4 Å². The number of hydrogen-bond donors (Lipinski definition) is 3. The van der Waals surface area contributed by atoms with E-state index in [0.717, 1.165) is 19.3 Å². The Morgan fingerprint density at radius 3 is 2.71 bits per heavy atom. The second-order valence-electron chi connectivity index (χ2n) is 8.45. The summed E-state index contributed by atoms with van der Waals surface area (Å²) in [4.78, 5) is 41.6. The van der Waals surface area contributed by atoms with Gasteiger partial charge >= 0.3 is 0 Å². The van der Waals surface area contributed by atoms with E-state index in [1.165, 1.54) is 0 Å². The highest BCUT2D eigenvalue weighted by atomic mass is 35.5. The summed E-state index contributed by atoms with van der Waals surface area (Å²) in [5.41, 5.74) is 0.610. The van der Waals surface area contributed by atoms with Crippen LogP contribution in [0.1, 0.15) is 32.6 Å². The summed E-state index contributed by atoms with van der Waals surface area (Å²) in [5, 5.41) is 15.9. The number of carbonyl (C=O) groups excluding carboxylic acids is 3. The minimum Gasteiger partial charge on any atom is -0.396 e. The highest BCUT2D eigenvalue weighted by Gasteiger charge is 2.73. The Morgan fingerprint density at radius 1 is 1.29 bits per heavy atom. The number of likely N-dealkylation sites (tertiary alicyclic amines) is 1. The maximum Gasteiger partial charge on any atom is 0.248 e. The average molecular weight is 466 g/mol. The maximum absolute atomic E-state index is 13.5. The molecule has 3 fully saturated rings. The van der Waals surface area contributed by atoms with Crippen molar-refractivity contribution in [2.75, 3.05) is 25.0 Å². The third-order valence-electron chi connectivity index (χ3n) is 6.57. The molecule has 3 saturated heterocycles. The number of anilines is 1. The Balaban J connectivity index is 1.64. The Morgan fingerprint density at radius 2 is 2.03 bits per heavy atom. The summed E-state index contributed by atoms with van der Waals surface area (Å²) in [7, 11) is 0. The minimum atomic E-state index is -0.675. The summed E-state index contributed by atoms with van der Waals surface area (Å²) in [5.74, 6) is -1.40. The third kappa shape index (κ3) is 3.83. The molecule has 3 heterocycles. The number of hydrogen-bond acceptors (Lipinski definition) is 5. The lowest BCUT2D eigenvalue weighted by Crippen LogP contribution is -2.52. The monoisotopic (exact) mass is 465 g/mol. The van der Waals surface area contributed by atoms with Crippen molar-refractivity contribution in [3.8, 4) is 0 Å². The number of aliphatic hydroxyl groups is 1. The van der Waals surface area contributed by atoms with Gasteiger partial charge < -0.3 is 20.6 Å². The summed E-state index contributed by atoms with van der Waals surface area (Å²) in [6.07, 6.45) is 2.76. The molecule has 3 aliphatic heterocycles. The lowest BCUT2D eigenvalue weighted by molar-refractivity contribution is -0.139. The van der Waals surface area contributed by atoms with Crippen molar-refractivity contribution in [3.05, 3.63) is 29.3 Å². The van der Waals surface area contributed by atoms with E-state index < -0.39 is 22.6 Å². The van der Waals surface area contributed by atoms with Crippen LogP contribution in [0.2, 0.25) is 5.02 Å². The fourth-order valence-corrected chi connectivity index (χ4v) is 7.69. The lowest BCUT2D eigenvalue weighted by Gasteiger charge is -2.34. The fraction of sp³-hybridized carbons (Fsp3) is 0.591. The smallest absolute Gasteiger partial charge is 0.248 e. The molecule has 3 aliphatic rings. The summed E-state index contributed by atoms with van der Waals surface area (Å²) >= 11 is 7.59. The number of nitrogens with zero attached hydrogens (tertiary/aromatic N) is 1. The van der Waals surface area contributed by atoms with Gasteiger partial charge in [0.1, 0.15) is 6.04 Å². The molecule has 1 spiro atoms. The van der Waals surface area contributed by atoms with Crippen LogP contribution < -0.4 is 10.6 Å². The first-order chi connectivity index (χ1) is 14.9. The molecule has 4 rings (SSSR count). The van der Waals surface area contributed by atoms with E-state index in [1.807, 2.05) is 6.92 Å². The van der Waals surface area contributed by atoms with Crippen molar-refractivity contribution >= 4 is 46.8 Å². The molecule has 1 aromatic carbocycles. The van der Waals surface area contributed by atoms with Gasteiger partial charge in [-0.25, -0.2) is 0 Å². The fourth-order valence-electron chi connectivity index (χ4n) is 5.35. The van der Waals surface area contributed by atoms with Crippen LogP contribution in [0, 0.1) is 11.8 Å². The zero-order chi connectivity index (χ0) is 22.2. The first-order valence-corrected chi connectivity index (χ1v) is 12.1. The number of amides is 3. The van der Waals surface area contributed by atoms with Gasteiger partial charge in [0.05, 0.1) is 16.6 Å². The molecule has 3 N–H and O–H groups in total. The predicted molar refractivity (Wildman–Crippen MR) is 121 cm³/mol. The Labute approximate surface area is 191 Å². The lowest BCUT2D eigenvalue weighted by atomic mass is 9.70. The standard InChI is InChI=1S/C22H28ClN3O4S/c1-2-10-24-19(28)16-15-8-9-22(31-15)17(16)21(30)26(11-3-12-27)18(22)20(29)25-14-6-4-13(23)5-7-14/h4-7,15-18,27H,2-3,8-12H2,1H3,(H,24,28)(H,25,29)/t15-,16+,17+,18?,22?/m1/s1. The number of halogens is 1. The molecule has 5 atom stereocenters. The van der Waals surface area contributed by atoms with Crippen LogP contribution in [0.3, 0.4) is 0 Å². The van der Waals surface area contributed by atoms with E-state index in [1.54, 1.807) is 40.9 Å². The number of benzene rings is 1. The van der Waals surface area contributed by atoms with Gasteiger partial charge in [0.2, 0.25) is 17.7 Å². The molecule has 3 amide bonds. The maximum atomic E-state index is 13.5. The van der Waals surface area contributed by atoms with Crippen molar-refractivity contribution in [1.29, 1.82) is 0 Å². The first-order valence-electron chi connectivity index (χ1n) is 10.9. The number of rotatable bonds is 8. The summed E-state index contributed by atoms with van der Waals surface area (Å²) < 4.78 is -0.609. The number of nitrogens with one attached hydrogen (secondary N) is 2. The van der Waals surface area contributed by atoms with Gasteiger partial charge in [0.25, 0.3) is 0 Å². The number of aliphatic hydroxyl groups excluding tert-OH is 1. The first kappa shape index (κ1) is 22.4. The minimum absolute atomic E-state index is 0.0524. The largest absolute Gasteiger partial charge is 0.396 e. The quantitative estimate of drug-likeness (QED) is 0.547. The van der Waals surface area contributed by atoms with Crippen molar-refractivity contribution in [2.45, 2.75) is 48.6 Å². The molecule has 2 bridgehead atoms. The van der Waals surface area contributed by atoms with Crippen LogP contribution in [0.4, 0.5) is 5.69 Å². The van der Waals surface area contributed by atoms with Crippen molar-refractivity contribution in [3.63, 3.8) is 0 Å². The average Bonchev–Trinajstić information content (AvgIpc) is 3.39. The molecule has 9 heteroatoms. The van der Waals surface area contributed by atoms with Crippen molar-refractivity contribution in [1.82, 2.24) is 10.2 Å². The van der Waals surface area contributed by atoms with E-state index >= 15 is 0 Å². The predicted octanol–water partition coefficient (Wildman–Crippen LogP) is 2.28. The van der Waals surface area contributed by atoms with Crippen LogP contribution in [0.15, 0.2) is 24.3 Å². The van der Waals surface area contributed by atoms with E-state index in [0.29, 0.717) is 30.2 Å². The van der Waals surface area contributed by atoms with E-state index in [-0.39, 0.29) is 29.6 Å². The highest BCUT2D eigenvalue weighted by Crippen LogP contribution is 2.66. The molecule has 0 radical (unpaired) electrons.